The second-order valence-electron chi connectivity index (χ2n) is 2.44. The highest BCUT2D eigenvalue weighted by molar-refractivity contribution is 4.65. The maximum Gasteiger partial charge on any atom is 0.117 e. The molecule has 0 aromatic rings. The van der Waals surface area contributed by atoms with Crippen LogP contribution in [-0.2, 0) is 0 Å². The first-order valence-corrected chi connectivity index (χ1v) is 3.57. The standard InChI is InChI=1S/C6H17N3O/c7-4-2-1-3-5(8)6(9)10/h5-6,10H,1-4,7-9H2. The van der Waals surface area contributed by atoms with E-state index in [2.05, 4.69) is 0 Å². The van der Waals surface area contributed by atoms with E-state index in [0.717, 1.165) is 19.3 Å². The van der Waals surface area contributed by atoms with Gasteiger partial charge in [0, 0.05) is 6.04 Å². The molecule has 7 N–H and O–H groups in total. The zero-order valence-corrected chi connectivity index (χ0v) is 6.16. The fourth-order valence-electron chi connectivity index (χ4n) is 0.695. The Hall–Kier alpha value is -0.160. The Morgan fingerprint density at radius 2 is 1.80 bits per heavy atom. The third-order valence-corrected chi connectivity index (χ3v) is 1.43. The van der Waals surface area contributed by atoms with Crippen molar-refractivity contribution in [3.8, 4) is 0 Å². The molecular weight excluding hydrogens is 130 g/mol. The van der Waals surface area contributed by atoms with Crippen LogP contribution >= 0.6 is 0 Å². The predicted octanol–water partition coefficient (Wildman–Crippen LogP) is -1.28. The van der Waals surface area contributed by atoms with Gasteiger partial charge in [-0.3, -0.25) is 0 Å². The van der Waals surface area contributed by atoms with Gasteiger partial charge in [-0.2, -0.15) is 0 Å². The number of unbranched alkanes of at least 4 members (excludes halogenated alkanes) is 1. The minimum atomic E-state index is -0.891. The van der Waals surface area contributed by atoms with Gasteiger partial charge >= 0.3 is 0 Å². The zero-order valence-electron chi connectivity index (χ0n) is 6.16. The summed E-state index contributed by atoms with van der Waals surface area (Å²) >= 11 is 0. The molecule has 0 rings (SSSR count). The Balaban J connectivity index is 3.13. The van der Waals surface area contributed by atoms with E-state index in [1.165, 1.54) is 0 Å². The van der Waals surface area contributed by atoms with Gasteiger partial charge in [0.15, 0.2) is 0 Å². The molecule has 0 saturated carbocycles. The Morgan fingerprint density at radius 3 is 2.20 bits per heavy atom. The number of aliphatic hydroxyl groups is 1. The van der Waals surface area contributed by atoms with Crippen LogP contribution < -0.4 is 17.2 Å². The van der Waals surface area contributed by atoms with Crippen molar-refractivity contribution in [1.82, 2.24) is 0 Å². The molecule has 0 aromatic carbocycles. The third kappa shape index (κ3) is 4.69. The van der Waals surface area contributed by atoms with Crippen molar-refractivity contribution in [2.75, 3.05) is 6.54 Å². The van der Waals surface area contributed by atoms with Gasteiger partial charge in [-0.05, 0) is 19.4 Å². The van der Waals surface area contributed by atoms with Crippen LogP contribution in [0.25, 0.3) is 0 Å². The molecule has 0 aliphatic rings. The summed E-state index contributed by atoms with van der Waals surface area (Å²) < 4.78 is 0. The highest BCUT2D eigenvalue weighted by Gasteiger charge is 2.07. The van der Waals surface area contributed by atoms with E-state index in [1.54, 1.807) is 0 Å². The number of nitrogens with two attached hydrogens (primary N) is 3. The van der Waals surface area contributed by atoms with Crippen LogP contribution in [0, 0.1) is 0 Å². The molecule has 0 bridgehead atoms. The average Bonchev–Trinajstić information content (AvgIpc) is 1.88. The van der Waals surface area contributed by atoms with Gasteiger partial charge in [0.25, 0.3) is 0 Å². The average molecular weight is 147 g/mol. The summed E-state index contributed by atoms with van der Waals surface area (Å²) in [7, 11) is 0. The lowest BCUT2D eigenvalue weighted by Crippen LogP contribution is -2.40. The van der Waals surface area contributed by atoms with E-state index < -0.39 is 6.23 Å². The number of aliphatic hydroxyl groups excluding tert-OH is 1. The summed E-state index contributed by atoms with van der Waals surface area (Å²) in [5, 5.41) is 8.74. The number of hydrogen-bond donors (Lipinski definition) is 4. The zero-order chi connectivity index (χ0) is 7.98. The monoisotopic (exact) mass is 147 g/mol. The van der Waals surface area contributed by atoms with Gasteiger partial charge in [-0.1, -0.05) is 6.42 Å². The third-order valence-electron chi connectivity index (χ3n) is 1.43. The van der Waals surface area contributed by atoms with Crippen molar-refractivity contribution in [2.45, 2.75) is 31.5 Å². The van der Waals surface area contributed by atoms with Crippen molar-refractivity contribution < 1.29 is 5.11 Å². The molecule has 0 aliphatic heterocycles. The van der Waals surface area contributed by atoms with Crippen LogP contribution in [0.5, 0.6) is 0 Å². The fraction of sp³-hybridized carbons (Fsp3) is 1.00. The summed E-state index contributed by atoms with van der Waals surface area (Å²) in [5.41, 5.74) is 15.8. The molecule has 10 heavy (non-hydrogen) atoms. The van der Waals surface area contributed by atoms with E-state index in [4.69, 9.17) is 22.3 Å². The van der Waals surface area contributed by atoms with Gasteiger partial charge in [-0.15, -0.1) is 0 Å². The first-order valence-electron chi connectivity index (χ1n) is 3.57. The van der Waals surface area contributed by atoms with Gasteiger partial charge in [0.1, 0.15) is 6.23 Å². The Labute approximate surface area is 61.4 Å². The first kappa shape index (κ1) is 9.84. The molecular formula is C6H17N3O. The molecule has 2 unspecified atom stereocenters. The van der Waals surface area contributed by atoms with Gasteiger partial charge in [0.2, 0.25) is 0 Å². The lowest BCUT2D eigenvalue weighted by Gasteiger charge is -2.13. The molecule has 0 aliphatic carbocycles. The largest absolute Gasteiger partial charge is 0.377 e. The molecule has 2 atom stereocenters. The van der Waals surface area contributed by atoms with E-state index in [0.29, 0.717) is 6.54 Å². The van der Waals surface area contributed by atoms with Crippen LogP contribution in [0.1, 0.15) is 19.3 Å². The lowest BCUT2D eigenvalue weighted by atomic mass is 10.1. The lowest BCUT2D eigenvalue weighted by molar-refractivity contribution is 0.146. The van der Waals surface area contributed by atoms with E-state index in [1.807, 2.05) is 0 Å². The smallest absolute Gasteiger partial charge is 0.117 e. The Kier molecular flexibility index (Phi) is 5.52. The summed E-state index contributed by atoms with van der Waals surface area (Å²) in [5.74, 6) is 0. The molecule has 62 valence electrons. The highest BCUT2D eigenvalue weighted by atomic mass is 16.3. The second-order valence-corrected chi connectivity index (χ2v) is 2.44. The summed E-state index contributed by atoms with van der Waals surface area (Å²) in [4.78, 5) is 0. The molecule has 0 fully saturated rings. The number of hydrogen-bond acceptors (Lipinski definition) is 4. The minimum Gasteiger partial charge on any atom is -0.377 e. The van der Waals surface area contributed by atoms with Crippen molar-refractivity contribution >= 4 is 0 Å². The highest BCUT2D eigenvalue weighted by Crippen LogP contribution is 1.98. The quantitative estimate of drug-likeness (QED) is 0.287. The molecule has 4 heteroatoms. The number of rotatable bonds is 5. The molecule has 0 aromatic heterocycles. The maximum atomic E-state index is 8.74. The van der Waals surface area contributed by atoms with Crippen molar-refractivity contribution in [1.29, 1.82) is 0 Å². The maximum absolute atomic E-state index is 8.74. The van der Waals surface area contributed by atoms with Crippen LogP contribution in [0.4, 0.5) is 0 Å². The van der Waals surface area contributed by atoms with Gasteiger partial charge < -0.3 is 22.3 Å². The Morgan fingerprint density at radius 1 is 1.20 bits per heavy atom. The van der Waals surface area contributed by atoms with E-state index in [-0.39, 0.29) is 6.04 Å². The van der Waals surface area contributed by atoms with E-state index >= 15 is 0 Å². The van der Waals surface area contributed by atoms with E-state index in [9.17, 15) is 0 Å². The fourth-order valence-corrected chi connectivity index (χ4v) is 0.695. The van der Waals surface area contributed by atoms with Crippen LogP contribution in [0.15, 0.2) is 0 Å². The predicted molar refractivity (Wildman–Crippen MR) is 41.1 cm³/mol. The molecule has 0 saturated heterocycles. The molecule has 4 nitrogen and oxygen atoms in total. The Bertz CT molecular complexity index is 77.4. The van der Waals surface area contributed by atoms with Gasteiger partial charge in [-0.25, -0.2) is 0 Å². The SMILES string of the molecule is NCCCCC(N)C(N)O. The molecule has 0 spiro atoms. The first-order chi connectivity index (χ1) is 4.68. The molecule has 0 radical (unpaired) electrons. The minimum absolute atomic E-state index is 0.299. The normalized spacial score (nSPS) is 16.8. The van der Waals surface area contributed by atoms with Gasteiger partial charge in [0.05, 0.1) is 0 Å². The van der Waals surface area contributed by atoms with Crippen LogP contribution in [0.2, 0.25) is 0 Å². The molecule has 0 heterocycles. The summed E-state index contributed by atoms with van der Waals surface area (Å²) in [6, 6.07) is -0.299. The summed E-state index contributed by atoms with van der Waals surface area (Å²) in [6.45, 7) is 0.674. The van der Waals surface area contributed by atoms with Crippen LogP contribution in [-0.4, -0.2) is 23.9 Å². The van der Waals surface area contributed by atoms with Crippen LogP contribution in [0.3, 0.4) is 0 Å². The van der Waals surface area contributed by atoms with Crippen molar-refractivity contribution in [3.63, 3.8) is 0 Å². The summed E-state index contributed by atoms with van der Waals surface area (Å²) in [6.07, 6.45) is 1.74. The van der Waals surface area contributed by atoms with Crippen molar-refractivity contribution in [2.24, 2.45) is 17.2 Å². The molecule has 0 amide bonds. The topological polar surface area (TPSA) is 98.3 Å². The second kappa shape index (κ2) is 5.61. The van der Waals surface area contributed by atoms with Crippen molar-refractivity contribution in [3.05, 3.63) is 0 Å².